The van der Waals surface area contributed by atoms with Crippen LogP contribution in [0.25, 0.3) is 0 Å². The molecule has 2 saturated carbocycles. The van der Waals surface area contributed by atoms with Crippen LogP contribution in [0.4, 0.5) is 5.69 Å². The molecular weight excluding hydrogens is 344 g/mol. The predicted molar refractivity (Wildman–Crippen MR) is 100 cm³/mol. The van der Waals surface area contributed by atoms with Gasteiger partial charge in [0.05, 0.1) is 37.3 Å². The van der Waals surface area contributed by atoms with Crippen molar-refractivity contribution in [1.29, 1.82) is 0 Å². The molecule has 4 rings (SSSR count). The number of anilines is 1. The van der Waals surface area contributed by atoms with Crippen molar-refractivity contribution in [3.63, 3.8) is 0 Å². The summed E-state index contributed by atoms with van der Waals surface area (Å²) in [6.45, 7) is 2.36. The summed E-state index contributed by atoms with van der Waals surface area (Å²) in [6, 6.07) is 1.47. The van der Waals surface area contributed by atoms with Crippen LogP contribution in [0.15, 0.2) is 18.5 Å². The Balaban J connectivity index is 1.40. The smallest absolute Gasteiger partial charge is 0.241 e. The Labute approximate surface area is 158 Å². The van der Waals surface area contributed by atoms with Crippen molar-refractivity contribution in [3.8, 4) is 5.88 Å². The number of nitrogens with zero attached hydrogens (tertiary/aromatic N) is 4. The number of nitrogens with two attached hydrogens (primary N) is 1. The number of amides is 1. The fourth-order valence-electron chi connectivity index (χ4n) is 3.84. The maximum Gasteiger partial charge on any atom is 0.241 e. The van der Waals surface area contributed by atoms with Crippen LogP contribution in [0, 0.1) is 24.7 Å². The second-order valence-corrected chi connectivity index (χ2v) is 7.71. The first-order chi connectivity index (χ1) is 13.0. The van der Waals surface area contributed by atoms with Gasteiger partial charge >= 0.3 is 0 Å². The Morgan fingerprint density at radius 2 is 2.04 bits per heavy atom. The third-order valence-corrected chi connectivity index (χ3v) is 5.43. The summed E-state index contributed by atoms with van der Waals surface area (Å²) in [5, 5.41) is 15.3. The molecule has 1 amide bonds. The molecule has 0 aromatic carbocycles. The largest absolute Gasteiger partial charge is 0.480 e. The number of carbonyl (C=O) groups is 1. The summed E-state index contributed by atoms with van der Waals surface area (Å²) < 4.78 is 6.99. The van der Waals surface area contributed by atoms with E-state index < -0.39 is 6.04 Å². The third-order valence-electron chi connectivity index (χ3n) is 5.43. The molecule has 0 bridgehead atoms. The van der Waals surface area contributed by atoms with Crippen LogP contribution in [0.5, 0.6) is 5.88 Å². The van der Waals surface area contributed by atoms with Crippen LogP contribution >= 0.6 is 0 Å². The van der Waals surface area contributed by atoms with Gasteiger partial charge in [0.1, 0.15) is 0 Å². The van der Waals surface area contributed by atoms with Crippen molar-refractivity contribution in [2.75, 3.05) is 12.4 Å². The van der Waals surface area contributed by atoms with Gasteiger partial charge in [0.15, 0.2) is 0 Å². The standard InChI is InChI=1S/C19H26N6O2/c1-11-7-14(19(27-2)24-23-11)9-25-10-15(8-21-25)22-18(26)17(20)16(12-3-4-12)13-5-6-13/h7-8,10,12-13,16-17H,3-6,9,20H2,1-2H3,(H,22,26). The number of methoxy groups -OCH3 is 1. The number of carbonyl (C=O) groups excluding carboxylic acids is 1. The van der Waals surface area contributed by atoms with E-state index in [0.717, 1.165) is 11.3 Å². The van der Waals surface area contributed by atoms with Crippen molar-refractivity contribution in [3.05, 3.63) is 29.7 Å². The van der Waals surface area contributed by atoms with Gasteiger partial charge in [-0.25, -0.2) is 0 Å². The SMILES string of the molecule is COc1nnc(C)cc1Cn1cc(NC(=O)C(N)C(C2CC2)C2CC2)cn1. The lowest BCUT2D eigenvalue weighted by Gasteiger charge is -2.22. The number of hydrogen-bond donors (Lipinski definition) is 2. The molecule has 2 aromatic heterocycles. The Bertz CT molecular complexity index is 815. The number of rotatable bonds is 8. The van der Waals surface area contributed by atoms with Gasteiger partial charge in [0.25, 0.3) is 0 Å². The molecule has 144 valence electrons. The molecule has 2 aliphatic rings. The van der Waals surface area contributed by atoms with Crippen molar-refractivity contribution in [2.24, 2.45) is 23.5 Å². The van der Waals surface area contributed by atoms with Gasteiger partial charge in [-0.2, -0.15) is 10.2 Å². The number of aromatic nitrogens is 4. The van der Waals surface area contributed by atoms with E-state index in [2.05, 4.69) is 20.6 Å². The minimum Gasteiger partial charge on any atom is -0.480 e. The molecule has 3 N–H and O–H groups in total. The van der Waals surface area contributed by atoms with E-state index >= 15 is 0 Å². The summed E-state index contributed by atoms with van der Waals surface area (Å²) >= 11 is 0. The van der Waals surface area contributed by atoms with E-state index in [0.29, 0.717) is 35.9 Å². The van der Waals surface area contributed by atoms with Crippen molar-refractivity contribution in [2.45, 2.75) is 45.2 Å². The topological polar surface area (TPSA) is 108 Å². The summed E-state index contributed by atoms with van der Waals surface area (Å²) in [4.78, 5) is 12.6. The summed E-state index contributed by atoms with van der Waals surface area (Å²) in [7, 11) is 1.56. The lowest BCUT2D eigenvalue weighted by Crippen LogP contribution is -2.43. The Hall–Kier alpha value is -2.48. The van der Waals surface area contributed by atoms with Crippen LogP contribution in [0.3, 0.4) is 0 Å². The summed E-state index contributed by atoms with van der Waals surface area (Å²) in [5.74, 6) is 1.96. The van der Waals surface area contributed by atoms with Crippen LogP contribution < -0.4 is 15.8 Å². The maximum absolute atomic E-state index is 12.6. The van der Waals surface area contributed by atoms with Gasteiger partial charge in [-0.3, -0.25) is 9.48 Å². The van der Waals surface area contributed by atoms with E-state index in [1.54, 1.807) is 24.2 Å². The molecule has 27 heavy (non-hydrogen) atoms. The van der Waals surface area contributed by atoms with Crippen molar-refractivity contribution in [1.82, 2.24) is 20.0 Å². The highest BCUT2D eigenvalue weighted by Crippen LogP contribution is 2.50. The molecule has 2 heterocycles. The number of nitrogens with one attached hydrogen (secondary N) is 1. The van der Waals surface area contributed by atoms with E-state index in [1.165, 1.54) is 25.7 Å². The first kappa shape index (κ1) is 17.9. The first-order valence-corrected chi connectivity index (χ1v) is 9.51. The van der Waals surface area contributed by atoms with Crippen LogP contribution in [0.2, 0.25) is 0 Å². The molecule has 2 aromatic rings. The second kappa shape index (κ2) is 7.26. The monoisotopic (exact) mass is 370 g/mol. The van der Waals surface area contributed by atoms with Crippen molar-refractivity contribution >= 4 is 11.6 Å². The minimum atomic E-state index is -0.444. The van der Waals surface area contributed by atoms with Gasteiger partial charge in [0.2, 0.25) is 11.8 Å². The average Bonchev–Trinajstić information content (AvgIpc) is 3.57. The highest BCUT2D eigenvalue weighted by Gasteiger charge is 2.46. The summed E-state index contributed by atoms with van der Waals surface area (Å²) in [6.07, 6.45) is 8.27. The zero-order chi connectivity index (χ0) is 19.0. The molecule has 0 aliphatic heterocycles. The Kier molecular flexibility index (Phi) is 4.82. The zero-order valence-corrected chi connectivity index (χ0v) is 15.8. The van der Waals surface area contributed by atoms with Crippen molar-refractivity contribution < 1.29 is 9.53 Å². The second-order valence-electron chi connectivity index (χ2n) is 7.71. The minimum absolute atomic E-state index is 0.114. The molecule has 2 fully saturated rings. The molecule has 1 unspecified atom stereocenters. The van der Waals surface area contributed by atoms with E-state index in [1.807, 2.05) is 13.0 Å². The van der Waals surface area contributed by atoms with Gasteiger partial charge in [0, 0.05) is 11.8 Å². The molecule has 0 saturated heterocycles. The number of ether oxygens (including phenoxy) is 1. The fraction of sp³-hybridized carbons (Fsp3) is 0.579. The quantitative estimate of drug-likeness (QED) is 0.733. The van der Waals surface area contributed by atoms with Gasteiger partial charge in [-0.1, -0.05) is 0 Å². The lowest BCUT2D eigenvalue weighted by atomic mass is 9.89. The molecule has 2 aliphatic carbocycles. The highest BCUT2D eigenvalue weighted by molar-refractivity contribution is 5.94. The summed E-state index contributed by atoms with van der Waals surface area (Å²) in [5.41, 5.74) is 8.65. The van der Waals surface area contributed by atoms with E-state index in [4.69, 9.17) is 10.5 Å². The zero-order valence-electron chi connectivity index (χ0n) is 15.8. The average molecular weight is 370 g/mol. The van der Waals surface area contributed by atoms with E-state index in [9.17, 15) is 4.79 Å². The van der Waals surface area contributed by atoms with Gasteiger partial charge in [-0.05, 0) is 56.4 Å². The van der Waals surface area contributed by atoms with Gasteiger partial charge < -0.3 is 15.8 Å². The number of aryl methyl sites for hydroxylation is 1. The highest BCUT2D eigenvalue weighted by atomic mass is 16.5. The predicted octanol–water partition coefficient (Wildman–Crippen LogP) is 1.74. The number of hydrogen-bond acceptors (Lipinski definition) is 6. The first-order valence-electron chi connectivity index (χ1n) is 9.51. The maximum atomic E-state index is 12.6. The Morgan fingerprint density at radius 1 is 1.33 bits per heavy atom. The fourth-order valence-corrected chi connectivity index (χ4v) is 3.84. The molecule has 8 nitrogen and oxygen atoms in total. The molecule has 0 spiro atoms. The molecular formula is C19H26N6O2. The molecule has 1 atom stereocenters. The normalized spacial score (nSPS) is 17.8. The lowest BCUT2D eigenvalue weighted by molar-refractivity contribution is -0.118. The van der Waals surface area contributed by atoms with Gasteiger partial charge in [-0.15, -0.1) is 5.10 Å². The van der Waals surface area contributed by atoms with Crippen LogP contribution in [-0.2, 0) is 11.3 Å². The van der Waals surface area contributed by atoms with Crippen LogP contribution in [0.1, 0.15) is 36.9 Å². The molecule has 8 heteroatoms. The third kappa shape index (κ3) is 4.10. The van der Waals surface area contributed by atoms with Crippen LogP contribution in [-0.4, -0.2) is 39.0 Å². The van der Waals surface area contributed by atoms with E-state index in [-0.39, 0.29) is 5.91 Å². The Morgan fingerprint density at radius 3 is 2.67 bits per heavy atom. The molecule has 0 radical (unpaired) electrons.